The van der Waals surface area contributed by atoms with E-state index < -0.39 is 0 Å². The highest BCUT2D eigenvalue weighted by molar-refractivity contribution is 5.91. The van der Waals surface area contributed by atoms with Gasteiger partial charge < -0.3 is 15.1 Å². The molecule has 2 N–H and O–H groups in total. The first-order chi connectivity index (χ1) is 8.79. The average Bonchev–Trinajstić information content (AvgIpc) is 2.90. The maximum atomic E-state index is 11.7. The number of amides is 1. The summed E-state index contributed by atoms with van der Waals surface area (Å²) in [5.74, 6) is 0.399. The number of hydrogen-bond acceptors (Lipinski definition) is 5. The van der Waals surface area contributed by atoms with Crippen LogP contribution in [0, 0.1) is 0 Å². The van der Waals surface area contributed by atoms with E-state index in [1.54, 1.807) is 18.6 Å². The lowest BCUT2D eigenvalue weighted by Crippen LogP contribution is -2.23. The molecular weight excluding hydrogens is 232 g/mol. The van der Waals surface area contributed by atoms with Gasteiger partial charge in [0.25, 0.3) is 5.91 Å². The quantitative estimate of drug-likeness (QED) is 0.834. The molecule has 2 aromatic heterocycles. The molecule has 0 radical (unpaired) electrons. The molecule has 94 valence electrons. The first-order valence-corrected chi connectivity index (χ1v) is 5.64. The number of nitrogens with zero attached hydrogens (tertiary/aromatic N) is 2. The normalized spacial score (nSPS) is 10.1. The van der Waals surface area contributed by atoms with Crippen molar-refractivity contribution in [3.8, 4) is 0 Å². The molecule has 0 aliphatic heterocycles. The molecule has 0 aliphatic carbocycles. The second-order valence-electron chi connectivity index (χ2n) is 3.63. The Morgan fingerprint density at radius 1 is 1.39 bits per heavy atom. The summed E-state index contributed by atoms with van der Waals surface area (Å²) in [5.41, 5.74) is 1.20. The monoisotopic (exact) mass is 246 g/mol. The zero-order valence-electron chi connectivity index (χ0n) is 10.0. The van der Waals surface area contributed by atoms with Crippen LogP contribution in [0.2, 0.25) is 0 Å². The predicted molar refractivity (Wildman–Crippen MR) is 66.1 cm³/mol. The molecule has 2 aromatic rings. The maximum absolute atomic E-state index is 11.7. The number of hydrogen-bond donors (Lipinski definition) is 2. The van der Waals surface area contributed by atoms with Gasteiger partial charge in [-0.2, -0.15) is 0 Å². The van der Waals surface area contributed by atoms with Crippen molar-refractivity contribution in [1.29, 1.82) is 0 Å². The van der Waals surface area contributed by atoms with Gasteiger partial charge >= 0.3 is 0 Å². The molecular formula is C12H14N4O2. The molecule has 0 spiro atoms. The first kappa shape index (κ1) is 12.1. The molecule has 0 aromatic carbocycles. The van der Waals surface area contributed by atoms with Crippen LogP contribution in [0.4, 0.5) is 5.82 Å². The Hall–Kier alpha value is -2.37. The fourth-order valence-corrected chi connectivity index (χ4v) is 1.38. The zero-order chi connectivity index (χ0) is 12.8. The summed E-state index contributed by atoms with van der Waals surface area (Å²) in [6.45, 7) is 3.14. The van der Waals surface area contributed by atoms with Gasteiger partial charge in [-0.15, -0.1) is 0 Å². The van der Waals surface area contributed by atoms with Gasteiger partial charge in [-0.1, -0.05) is 0 Å². The summed E-state index contributed by atoms with van der Waals surface area (Å²) >= 11 is 0. The number of carbonyl (C=O) groups excluding carboxylic acids is 1. The third kappa shape index (κ3) is 3.07. The van der Waals surface area contributed by atoms with E-state index in [2.05, 4.69) is 20.6 Å². The van der Waals surface area contributed by atoms with E-state index in [9.17, 15) is 4.79 Å². The molecule has 6 nitrogen and oxygen atoms in total. The van der Waals surface area contributed by atoms with E-state index in [1.165, 1.54) is 12.4 Å². The number of carbonyl (C=O) groups is 1. The summed E-state index contributed by atoms with van der Waals surface area (Å²) in [6.07, 6.45) is 6.13. The van der Waals surface area contributed by atoms with Crippen molar-refractivity contribution in [2.45, 2.75) is 13.5 Å². The summed E-state index contributed by atoms with van der Waals surface area (Å²) in [6, 6.07) is 1.79. The van der Waals surface area contributed by atoms with Crippen LogP contribution >= 0.6 is 0 Å². The number of anilines is 1. The molecule has 2 heterocycles. The van der Waals surface area contributed by atoms with Gasteiger partial charge in [-0.05, 0) is 13.0 Å². The summed E-state index contributed by atoms with van der Waals surface area (Å²) in [7, 11) is 0. The molecule has 0 saturated carbocycles. The minimum Gasteiger partial charge on any atom is -0.472 e. The maximum Gasteiger partial charge on any atom is 0.271 e. The van der Waals surface area contributed by atoms with Crippen molar-refractivity contribution in [3.63, 3.8) is 0 Å². The molecule has 0 fully saturated rings. The molecule has 1 amide bonds. The largest absolute Gasteiger partial charge is 0.472 e. The zero-order valence-corrected chi connectivity index (χ0v) is 10.0. The van der Waals surface area contributed by atoms with Crippen molar-refractivity contribution in [2.24, 2.45) is 0 Å². The molecule has 0 unspecified atom stereocenters. The van der Waals surface area contributed by atoms with Crippen LogP contribution in [0.15, 0.2) is 35.4 Å². The molecule has 2 rings (SSSR count). The van der Waals surface area contributed by atoms with E-state index in [0.29, 0.717) is 18.1 Å². The van der Waals surface area contributed by atoms with Crippen molar-refractivity contribution in [1.82, 2.24) is 15.3 Å². The van der Waals surface area contributed by atoms with Crippen molar-refractivity contribution < 1.29 is 9.21 Å². The van der Waals surface area contributed by atoms with E-state index in [0.717, 1.165) is 12.1 Å². The van der Waals surface area contributed by atoms with Gasteiger partial charge in [0.2, 0.25) is 0 Å². The topological polar surface area (TPSA) is 80.0 Å². The Labute approximate surface area is 104 Å². The third-order valence-corrected chi connectivity index (χ3v) is 2.28. The minimum absolute atomic E-state index is 0.258. The summed E-state index contributed by atoms with van der Waals surface area (Å²) in [5, 5.41) is 5.74. The second-order valence-corrected chi connectivity index (χ2v) is 3.63. The lowest BCUT2D eigenvalue weighted by Gasteiger charge is -2.04. The standard InChI is InChI=1S/C12H14N4O2/c1-2-13-11-7-14-10(6-15-11)12(17)16-5-9-3-4-18-8-9/h3-4,6-8H,2,5H2,1H3,(H,13,15)(H,16,17). The van der Waals surface area contributed by atoms with Crippen LogP contribution < -0.4 is 10.6 Å². The average molecular weight is 246 g/mol. The Kier molecular flexibility index (Phi) is 3.90. The molecule has 6 heteroatoms. The van der Waals surface area contributed by atoms with E-state index in [-0.39, 0.29) is 5.91 Å². The SMILES string of the molecule is CCNc1cnc(C(=O)NCc2ccoc2)cn1. The summed E-state index contributed by atoms with van der Waals surface area (Å²) in [4.78, 5) is 19.9. The van der Waals surface area contributed by atoms with E-state index >= 15 is 0 Å². The van der Waals surface area contributed by atoms with Gasteiger partial charge in [0.15, 0.2) is 0 Å². The smallest absolute Gasteiger partial charge is 0.271 e. The number of furan rings is 1. The Bertz CT molecular complexity index is 493. The molecule has 0 saturated heterocycles. The second kappa shape index (κ2) is 5.81. The fourth-order valence-electron chi connectivity index (χ4n) is 1.38. The highest BCUT2D eigenvalue weighted by Crippen LogP contribution is 2.02. The summed E-state index contributed by atoms with van der Waals surface area (Å²) < 4.78 is 4.91. The van der Waals surface area contributed by atoms with Crippen LogP contribution in [0.25, 0.3) is 0 Å². The van der Waals surface area contributed by atoms with E-state index in [1.807, 2.05) is 6.92 Å². The van der Waals surface area contributed by atoms with Crippen molar-refractivity contribution in [2.75, 3.05) is 11.9 Å². The minimum atomic E-state index is -0.258. The van der Waals surface area contributed by atoms with E-state index in [4.69, 9.17) is 4.42 Å². The van der Waals surface area contributed by atoms with Crippen molar-refractivity contribution in [3.05, 3.63) is 42.2 Å². The predicted octanol–water partition coefficient (Wildman–Crippen LogP) is 1.43. The van der Waals surface area contributed by atoms with Crippen LogP contribution in [-0.2, 0) is 6.54 Å². The van der Waals surface area contributed by atoms with Gasteiger partial charge in [0.05, 0.1) is 24.9 Å². The number of nitrogens with one attached hydrogen (secondary N) is 2. The number of rotatable bonds is 5. The Balaban J connectivity index is 1.92. The van der Waals surface area contributed by atoms with Crippen LogP contribution in [0.5, 0.6) is 0 Å². The van der Waals surface area contributed by atoms with Gasteiger partial charge in [-0.3, -0.25) is 4.79 Å². The van der Waals surface area contributed by atoms with Crippen LogP contribution in [0.3, 0.4) is 0 Å². The fraction of sp³-hybridized carbons (Fsp3) is 0.250. The molecule has 0 aliphatic rings. The molecule has 18 heavy (non-hydrogen) atoms. The molecule has 0 atom stereocenters. The van der Waals surface area contributed by atoms with Crippen LogP contribution in [-0.4, -0.2) is 22.4 Å². The number of aromatic nitrogens is 2. The van der Waals surface area contributed by atoms with Gasteiger partial charge in [-0.25, -0.2) is 9.97 Å². The third-order valence-electron chi connectivity index (χ3n) is 2.28. The lowest BCUT2D eigenvalue weighted by atomic mass is 10.3. The molecule has 0 bridgehead atoms. The van der Waals surface area contributed by atoms with Gasteiger partial charge in [0, 0.05) is 18.7 Å². The highest BCUT2D eigenvalue weighted by Gasteiger charge is 2.07. The van der Waals surface area contributed by atoms with Crippen LogP contribution in [0.1, 0.15) is 23.0 Å². The van der Waals surface area contributed by atoms with Crippen molar-refractivity contribution >= 4 is 11.7 Å². The Morgan fingerprint density at radius 3 is 2.89 bits per heavy atom. The highest BCUT2D eigenvalue weighted by atomic mass is 16.3. The Morgan fingerprint density at radius 2 is 2.28 bits per heavy atom. The first-order valence-electron chi connectivity index (χ1n) is 5.64. The lowest BCUT2D eigenvalue weighted by molar-refractivity contribution is 0.0945. The van der Waals surface area contributed by atoms with Gasteiger partial charge in [0.1, 0.15) is 11.5 Å².